The largest absolute Gasteiger partial charge is 0.391 e. The summed E-state index contributed by atoms with van der Waals surface area (Å²) in [4.78, 5) is 14.2. The fourth-order valence-electron chi connectivity index (χ4n) is 2.76. The molecule has 0 saturated carbocycles. The van der Waals surface area contributed by atoms with Crippen molar-refractivity contribution in [3.63, 3.8) is 0 Å². The molecule has 1 amide bonds. The Morgan fingerprint density at radius 2 is 2.31 bits per heavy atom. The van der Waals surface area contributed by atoms with Crippen LogP contribution >= 0.6 is 0 Å². The lowest BCUT2D eigenvalue weighted by Crippen LogP contribution is -2.53. The van der Waals surface area contributed by atoms with Gasteiger partial charge in [-0.2, -0.15) is 0 Å². The quantitative estimate of drug-likeness (QED) is 0.679. The van der Waals surface area contributed by atoms with Crippen LogP contribution in [0.2, 0.25) is 0 Å². The van der Waals surface area contributed by atoms with Crippen molar-refractivity contribution in [3.05, 3.63) is 0 Å². The molecular formula is C12H22N2O2. The van der Waals surface area contributed by atoms with Gasteiger partial charge in [0, 0.05) is 19.6 Å². The van der Waals surface area contributed by atoms with E-state index in [-0.39, 0.29) is 17.4 Å². The number of likely N-dealkylation sites (tertiary alicyclic amines) is 1. The zero-order valence-corrected chi connectivity index (χ0v) is 10.0. The van der Waals surface area contributed by atoms with E-state index in [0.29, 0.717) is 6.54 Å². The third-order valence-corrected chi connectivity index (χ3v) is 3.80. The number of nitrogens with one attached hydrogen (secondary N) is 1. The highest BCUT2D eigenvalue weighted by Gasteiger charge is 2.38. The molecule has 0 bridgehead atoms. The number of piperidine rings is 2. The predicted molar refractivity (Wildman–Crippen MR) is 62.0 cm³/mol. The van der Waals surface area contributed by atoms with Gasteiger partial charge < -0.3 is 15.3 Å². The van der Waals surface area contributed by atoms with E-state index in [2.05, 4.69) is 5.32 Å². The summed E-state index contributed by atoms with van der Waals surface area (Å²) in [5, 5.41) is 12.9. The Labute approximate surface area is 97.0 Å². The van der Waals surface area contributed by atoms with E-state index in [1.54, 1.807) is 0 Å². The molecule has 2 aliphatic rings. The van der Waals surface area contributed by atoms with E-state index in [9.17, 15) is 9.90 Å². The van der Waals surface area contributed by atoms with Gasteiger partial charge in [0.05, 0.1) is 11.5 Å². The Bertz CT molecular complexity index is 262. The van der Waals surface area contributed by atoms with Crippen LogP contribution in [0.15, 0.2) is 0 Å². The van der Waals surface area contributed by atoms with E-state index in [0.717, 1.165) is 45.3 Å². The molecule has 0 aromatic heterocycles. The number of amides is 1. The Hall–Kier alpha value is -0.610. The molecule has 2 fully saturated rings. The monoisotopic (exact) mass is 226 g/mol. The number of rotatable bonds is 1. The zero-order chi connectivity index (χ0) is 11.6. The molecule has 2 heterocycles. The molecule has 4 nitrogen and oxygen atoms in total. The number of carbonyl (C=O) groups is 1. The van der Waals surface area contributed by atoms with Crippen molar-refractivity contribution >= 4 is 5.91 Å². The van der Waals surface area contributed by atoms with Crippen LogP contribution in [0.1, 0.15) is 32.6 Å². The number of aliphatic hydroxyl groups excluding tert-OH is 1. The van der Waals surface area contributed by atoms with Crippen molar-refractivity contribution in [1.82, 2.24) is 10.2 Å². The molecule has 2 N–H and O–H groups in total. The summed E-state index contributed by atoms with van der Waals surface area (Å²) in [7, 11) is 0. The maximum Gasteiger partial charge on any atom is 0.229 e. The van der Waals surface area contributed by atoms with E-state index in [4.69, 9.17) is 0 Å². The van der Waals surface area contributed by atoms with E-state index in [1.807, 2.05) is 11.8 Å². The molecule has 0 aromatic carbocycles. The van der Waals surface area contributed by atoms with Gasteiger partial charge in [-0.3, -0.25) is 4.79 Å². The summed E-state index contributed by atoms with van der Waals surface area (Å²) in [5.41, 5.74) is -0.255. The van der Waals surface area contributed by atoms with E-state index >= 15 is 0 Å². The Morgan fingerprint density at radius 3 is 2.94 bits per heavy atom. The van der Waals surface area contributed by atoms with Crippen LogP contribution in [-0.4, -0.2) is 48.2 Å². The zero-order valence-electron chi connectivity index (χ0n) is 10.0. The summed E-state index contributed by atoms with van der Waals surface area (Å²) in [6, 6.07) is 0. The third kappa shape index (κ3) is 2.38. The van der Waals surface area contributed by atoms with Gasteiger partial charge in [-0.05, 0) is 39.2 Å². The molecule has 4 heteroatoms. The summed E-state index contributed by atoms with van der Waals surface area (Å²) < 4.78 is 0. The smallest absolute Gasteiger partial charge is 0.229 e. The molecule has 92 valence electrons. The molecule has 2 aliphatic heterocycles. The van der Waals surface area contributed by atoms with Crippen LogP contribution in [0.25, 0.3) is 0 Å². The predicted octanol–water partition coefficient (Wildman–Crippen LogP) is 0.359. The van der Waals surface area contributed by atoms with Crippen molar-refractivity contribution in [1.29, 1.82) is 0 Å². The minimum atomic E-state index is -0.321. The minimum Gasteiger partial charge on any atom is -0.391 e. The van der Waals surface area contributed by atoms with Crippen molar-refractivity contribution in [2.45, 2.75) is 38.7 Å². The lowest BCUT2D eigenvalue weighted by molar-refractivity contribution is -0.145. The maximum absolute atomic E-state index is 12.4. The van der Waals surface area contributed by atoms with Gasteiger partial charge in [0.2, 0.25) is 5.91 Å². The third-order valence-electron chi connectivity index (χ3n) is 3.80. The Balaban J connectivity index is 1.99. The van der Waals surface area contributed by atoms with Crippen LogP contribution < -0.4 is 5.32 Å². The normalized spacial score (nSPS) is 36.1. The Kier molecular flexibility index (Phi) is 3.50. The van der Waals surface area contributed by atoms with E-state index in [1.165, 1.54) is 0 Å². The lowest BCUT2D eigenvalue weighted by Gasteiger charge is -2.39. The highest BCUT2D eigenvalue weighted by Crippen LogP contribution is 2.29. The van der Waals surface area contributed by atoms with Crippen LogP contribution in [0.4, 0.5) is 0 Å². The molecule has 2 atom stereocenters. The fraction of sp³-hybridized carbons (Fsp3) is 0.917. The number of β-amino-alcohol motifs (C(OH)–C–C–N with tert-alkyl or cyclic N) is 1. The molecule has 2 saturated heterocycles. The minimum absolute atomic E-state index is 0.221. The number of hydrogen-bond donors (Lipinski definition) is 2. The molecule has 16 heavy (non-hydrogen) atoms. The second-order valence-corrected chi connectivity index (χ2v) is 5.39. The van der Waals surface area contributed by atoms with Gasteiger partial charge in [0.25, 0.3) is 0 Å². The average molecular weight is 226 g/mol. The molecule has 2 rings (SSSR count). The highest BCUT2D eigenvalue weighted by atomic mass is 16.3. The topological polar surface area (TPSA) is 52.6 Å². The highest BCUT2D eigenvalue weighted by molar-refractivity contribution is 5.82. The average Bonchev–Trinajstić information content (AvgIpc) is 2.29. The van der Waals surface area contributed by atoms with E-state index < -0.39 is 0 Å². The second-order valence-electron chi connectivity index (χ2n) is 5.39. The first-order valence-electron chi connectivity index (χ1n) is 6.30. The summed E-state index contributed by atoms with van der Waals surface area (Å²) >= 11 is 0. The maximum atomic E-state index is 12.4. The summed E-state index contributed by atoms with van der Waals surface area (Å²) in [6.07, 6.45) is 3.47. The number of aliphatic hydroxyl groups is 1. The van der Waals surface area contributed by atoms with Gasteiger partial charge in [0.15, 0.2) is 0 Å². The second kappa shape index (κ2) is 4.72. The van der Waals surface area contributed by atoms with Crippen molar-refractivity contribution < 1.29 is 9.90 Å². The lowest BCUT2D eigenvalue weighted by atomic mass is 9.81. The van der Waals surface area contributed by atoms with Crippen LogP contribution in [-0.2, 0) is 4.79 Å². The van der Waals surface area contributed by atoms with Gasteiger partial charge >= 0.3 is 0 Å². The number of carbonyl (C=O) groups excluding carboxylic acids is 1. The first-order valence-corrected chi connectivity index (χ1v) is 6.30. The molecule has 0 aromatic rings. The van der Waals surface area contributed by atoms with Crippen molar-refractivity contribution in [2.75, 3.05) is 26.2 Å². The van der Waals surface area contributed by atoms with Crippen LogP contribution in [0.5, 0.6) is 0 Å². The standard InChI is InChI=1S/C12H22N2O2/c1-12(5-3-6-13-9-12)11(16)14-7-2-4-10(15)8-14/h10,13,15H,2-9H2,1H3. The van der Waals surface area contributed by atoms with Crippen LogP contribution in [0.3, 0.4) is 0 Å². The van der Waals surface area contributed by atoms with Gasteiger partial charge in [-0.1, -0.05) is 0 Å². The molecule has 0 radical (unpaired) electrons. The Morgan fingerprint density at radius 1 is 1.50 bits per heavy atom. The van der Waals surface area contributed by atoms with Gasteiger partial charge in [-0.25, -0.2) is 0 Å². The molecular weight excluding hydrogens is 204 g/mol. The number of nitrogens with zero attached hydrogens (tertiary/aromatic N) is 1. The molecule has 2 unspecified atom stereocenters. The fourth-order valence-corrected chi connectivity index (χ4v) is 2.76. The van der Waals surface area contributed by atoms with Gasteiger partial charge in [0.1, 0.15) is 0 Å². The van der Waals surface area contributed by atoms with Gasteiger partial charge in [-0.15, -0.1) is 0 Å². The molecule has 0 aliphatic carbocycles. The molecule has 0 spiro atoms. The van der Waals surface area contributed by atoms with Crippen molar-refractivity contribution in [3.8, 4) is 0 Å². The first kappa shape index (κ1) is 11.9. The van der Waals surface area contributed by atoms with Crippen molar-refractivity contribution in [2.24, 2.45) is 5.41 Å². The van der Waals surface area contributed by atoms with Crippen LogP contribution in [0, 0.1) is 5.41 Å². The summed E-state index contributed by atoms with van der Waals surface area (Å²) in [6.45, 7) is 5.17. The number of hydrogen-bond acceptors (Lipinski definition) is 3. The SMILES string of the molecule is CC1(C(=O)N2CCCC(O)C2)CCCNC1. The first-order chi connectivity index (χ1) is 7.62. The summed E-state index contributed by atoms with van der Waals surface area (Å²) in [5.74, 6) is 0.221.